The van der Waals surface area contributed by atoms with Gasteiger partial charge in [-0.15, -0.1) is 0 Å². The molecule has 0 N–H and O–H groups in total. The highest BCUT2D eigenvalue weighted by molar-refractivity contribution is 6.69. The van der Waals surface area contributed by atoms with Gasteiger partial charge in [-0.2, -0.15) is 0 Å². The smallest absolute Gasteiger partial charge is 0.184 e. The zero-order valence-corrected chi connectivity index (χ0v) is 10.7. The van der Waals surface area contributed by atoms with E-state index in [9.17, 15) is 0 Å². The third-order valence-electron chi connectivity index (χ3n) is 3.18. The van der Waals surface area contributed by atoms with Crippen LogP contribution in [0.5, 0.6) is 0 Å². The summed E-state index contributed by atoms with van der Waals surface area (Å²) in [7, 11) is -1.35. The van der Waals surface area contributed by atoms with Crippen molar-refractivity contribution >= 4 is 8.32 Å². The standard InChI is InChI=1S/C12H22OSi/c1-14(2,3)13-12-9-7-5-4-6-8-11(12)10-12/h6,8,11H,4-5,7,9-10H2,1-3H3/b8-6-. The van der Waals surface area contributed by atoms with Crippen molar-refractivity contribution in [1.29, 1.82) is 0 Å². The average Bonchev–Trinajstić information content (AvgIpc) is 2.60. The van der Waals surface area contributed by atoms with Gasteiger partial charge in [0, 0.05) is 5.92 Å². The van der Waals surface area contributed by atoms with E-state index in [4.69, 9.17) is 4.43 Å². The van der Waals surface area contributed by atoms with Gasteiger partial charge < -0.3 is 4.43 Å². The van der Waals surface area contributed by atoms with Gasteiger partial charge in [0.15, 0.2) is 8.32 Å². The molecule has 2 aliphatic rings. The molecule has 0 spiro atoms. The molecule has 0 radical (unpaired) electrons. The van der Waals surface area contributed by atoms with Crippen molar-refractivity contribution in [3.05, 3.63) is 12.2 Å². The van der Waals surface area contributed by atoms with E-state index in [0.717, 1.165) is 5.92 Å². The van der Waals surface area contributed by atoms with Gasteiger partial charge in [0.05, 0.1) is 5.60 Å². The summed E-state index contributed by atoms with van der Waals surface area (Å²) in [5, 5.41) is 0. The first-order valence-electron chi connectivity index (χ1n) is 5.89. The van der Waals surface area contributed by atoms with Gasteiger partial charge in [0.1, 0.15) is 0 Å². The minimum absolute atomic E-state index is 0.279. The lowest BCUT2D eigenvalue weighted by Gasteiger charge is -2.28. The Balaban J connectivity index is 2.02. The molecule has 1 nitrogen and oxygen atoms in total. The van der Waals surface area contributed by atoms with Crippen molar-refractivity contribution in [3.63, 3.8) is 0 Å². The molecule has 1 fully saturated rings. The molecule has 0 heterocycles. The van der Waals surface area contributed by atoms with Gasteiger partial charge in [-0.05, 0) is 45.3 Å². The molecule has 0 bridgehead atoms. The molecule has 2 atom stereocenters. The molecule has 1 saturated carbocycles. The van der Waals surface area contributed by atoms with Crippen molar-refractivity contribution in [2.24, 2.45) is 5.92 Å². The maximum atomic E-state index is 6.36. The fourth-order valence-electron chi connectivity index (χ4n) is 2.57. The minimum Gasteiger partial charge on any atom is -0.412 e. The monoisotopic (exact) mass is 210 g/mol. The Morgan fingerprint density at radius 1 is 1.29 bits per heavy atom. The number of hydrogen-bond donors (Lipinski definition) is 0. The van der Waals surface area contributed by atoms with Crippen molar-refractivity contribution in [1.82, 2.24) is 0 Å². The zero-order chi connectivity index (χ0) is 10.2. The summed E-state index contributed by atoms with van der Waals surface area (Å²) in [6, 6.07) is 0. The van der Waals surface area contributed by atoms with Crippen LogP contribution in [0.2, 0.25) is 19.6 Å². The van der Waals surface area contributed by atoms with E-state index in [0.29, 0.717) is 0 Å². The molecule has 0 aromatic carbocycles. The average molecular weight is 210 g/mol. The number of rotatable bonds is 2. The Morgan fingerprint density at radius 3 is 2.79 bits per heavy atom. The number of allylic oxidation sites excluding steroid dienone is 1. The SMILES string of the molecule is C[Si](C)(C)OC12CCCC/C=C\C1C2. The highest BCUT2D eigenvalue weighted by Crippen LogP contribution is 2.53. The van der Waals surface area contributed by atoms with Crippen LogP contribution in [0.25, 0.3) is 0 Å². The third kappa shape index (κ3) is 2.29. The molecule has 0 aromatic rings. The van der Waals surface area contributed by atoms with E-state index >= 15 is 0 Å². The first kappa shape index (κ1) is 10.4. The maximum absolute atomic E-state index is 6.36. The van der Waals surface area contributed by atoms with Crippen LogP contribution < -0.4 is 0 Å². The highest BCUT2D eigenvalue weighted by atomic mass is 28.4. The van der Waals surface area contributed by atoms with Crippen LogP contribution in [0.15, 0.2) is 12.2 Å². The quantitative estimate of drug-likeness (QED) is 0.498. The summed E-state index contributed by atoms with van der Waals surface area (Å²) in [4.78, 5) is 0. The molecule has 0 amide bonds. The molecule has 0 saturated heterocycles. The Hall–Kier alpha value is -0.0831. The van der Waals surface area contributed by atoms with Crippen LogP contribution in [-0.4, -0.2) is 13.9 Å². The maximum Gasteiger partial charge on any atom is 0.184 e. The van der Waals surface area contributed by atoms with Crippen molar-refractivity contribution in [2.75, 3.05) is 0 Å². The van der Waals surface area contributed by atoms with Crippen LogP contribution in [-0.2, 0) is 4.43 Å². The number of fused-ring (bicyclic) bond motifs is 1. The predicted octanol–water partition coefficient (Wildman–Crippen LogP) is 3.73. The lowest BCUT2D eigenvalue weighted by molar-refractivity contribution is 0.144. The molecule has 2 rings (SSSR count). The van der Waals surface area contributed by atoms with Gasteiger partial charge in [0.25, 0.3) is 0 Å². The molecule has 80 valence electrons. The van der Waals surface area contributed by atoms with Gasteiger partial charge in [-0.25, -0.2) is 0 Å². The van der Waals surface area contributed by atoms with E-state index in [1.165, 1.54) is 32.1 Å². The second-order valence-electron chi connectivity index (χ2n) is 5.76. The zero-order valence-electron chi connectivity index (χ0n) is 9.68. The van der Waals surface area contributed by atoms with E-state index in [1.54, 1.807) is 0 Å². The van der Waals surface area contributed by atoms with Gasteiger partial charge in [-0.1, -0.05) is 18.6 Å². The van der Waals surface area contributed by atoms with Crippen molar-refractivity contribution < 1.29 is 4.43 Å². The normalized spacial score (nSPS) is 39.5. The molecule has 0 aliphatic heterocycles. The summed E-state index contributed by atoms with van der Waals surface area (Å²) in [6.07, 6.45) is 11.3. The molecule has 2 heteroatoms. The summed E-state index contributed by atoms with van der Waals surface area (Å²) in [6.45, 7) is 6.92. The molecule has 0 aromatic heterocycles. The Kier molecular flexibility index (Phi) is 2.60. The predicted molar refractivity (Wildman–Crippen MR) is 62.9 cm³/mol. The van der Waals surface area contributed by atoms with Gasteiger partial charge in [0.2, 0.25) is 0 Å². The minimum atomic E-state index is -1.35. The first-order valence-corrected chi connectivity index (χ1v) is 9.30. The lowest BCUT2D eigenvalue weighted by Crippen LogP contribution is -2.34. The van der Waals surface area contributed by atoms with Crippen molar-refractivity contribution in [3.8, 4) is 0 Å². The van der Waals surface area contributed by atoms with Gasteiger partial charge >= 0.3 is 0 Å². The van der Waals surface area contributed by atoms with E-state index in [2.05, 4.69) is 31.8 Å². The van der Waals surface area contributed by atoms with E-state index in [1.807, 2.05) is 0 Å². The van der Waals surface area contributed by atoms with Crippen LogP contribution in [0.4, 0.5) is 0 Å². The Labute approximate surface area is 88.7 Å². The summed E-state index contributed by atoms with van der Waals surface area (Å²) < 4.78 is 6.36. The molecular weight excluding hydrogens is 188 g/mol. The van der Waals surface area contributed by atoms with E-state index < -0.39 is 8.32 Å². The third-order valence-corrected chi connectivity index (χ3v) is 4.20. The fraction of sp³-hybridized carbons (Fsp3) is 0.833. The lowest BCUT2D eigenvalue weighted by atomic mass is 10.0. The van der Waals surface area contributed by atoms with Crippen LogP contribution >= 0.6 is 0 Å². The molecular formula is C12H22OSi. The molecule has 14 heavy (non-hydrogen) atoms. The largest absolute Gasteiger partial charge is 0.412 e. The topological polar surface area (TPSA) is 9.23 Å². The van der Waals surface area contributed by atoms with E-state index in [-0.39, 0.29) is 5.60 Å². The second-order valence-corrected chi connectivity index (χ2v) is 10.2. The van der Waals surface area contributed by atoms with Crippen LogP contribution in [0.3, 0.4) is 0 Å². The second kappa shape index (κ2) is 3.49. The molecule has 2 unspecified atom stereocenters. The number of hydrogen-bond acceptors (Lipinski definition) is 1. The summed E-state index contributed by atoms with van der Waals surface area (Å²) in [5.41, 5.74) is 0.279. The Bertz CT molecular complexity index is 241. The molecule has 2 aliphatic carbocycles. The summed E-state index contributed by atoms with van der Waals surface area (Å²) in [5.74, 6) is 0.745. The first-order chi connectivity index (χ1) is 6.52. The highest BCUT2D eigenvalue weighted by Gasteiger charge is 2.54. The fourth-order valence-corrected chi connectivity index (χ4v) is 4.13. The van der Waals surface area contributed by atoms with Crippen LogP contribution in [0.1, 0.15) is 32.1 Å². The van der Waals surface area contributed by atoms with Gasteiger partial charge in [-0.3, -0.25) is 0 Å². The van der Waals surface area contributed by atoms with Crippen LogP contribution in [0, 0.1) is 5.92 Å². The summed E-state index contributed by atoms with van der Waals surface area (Å²) >= 11 is 0. The van der Waals surface area contributed by atoms with Crippen molar-refractivity contribution in [2.45, 2.75) is 57.3 Å². The Morgan fingerprint density at radius 2 is 2.07 bits per heavy atom.